The van der Waals surface area contributed by atoms with E-state index in [4.69, 9.17) is 4.79 Å². The van der Waals surface area contributed by atoms with Crippen molar-refractivity contribution >= 4 is 35.3 Å². The lowest BCUT2D eigenvalue weighted by atomic mass is 9.45. The van der Waals surface area contributed by atoms with Gasteiger partial charge in [-0.2, -0.15) is 0 Å². The van der Waals surface area contributed by atoms with Crippen molar-refractivity contribution in [3.8, 4) is 0 Å². The highest BCUT2D eigenvalue weighted by molar-refractivity contribution is 6.22. The highest BCUT2D eigenvalue weighted by Crippen LogP contribution is 2.60. The summed E-state index contributed by atoms with van der Waals surface area (Å²) < 4.78 is 3.86. The molecule has 2 saturated carbocycles. The van der Waals surface area contributed by atoms with E-state index in [1.165, 1.54) is 31.6 Å². The third kappa shape index (κ3) is 4.25. The Labute approximate surface area is 215 Å². The molecular formula is C31H42O5. The van der Waals surface area contributed by atoms with Crippen molar-refractivity contribution < 1.29 is 24.2 Å². The highest BCUT2D eigenvalue weighted by Gasteiger charge is 2.58. The van der Waals surface area contributed by atoms with Gasteiger partial charge in [0, 0.05) is 22.5 Å². The minimum absolute atomic E-state index is 0.0221. The Morgan fingerprint density at radius 3 is 2.31 bits per heavy atom. The van der Waals surface area contributed by atoms with Gasteiger partial charge in [-0.15, -0.1) is 0 Å². The van der Waals surface area contributed by atoms with E-state index >= 15 is 0 Å². The average molecular weight is 495 g/mol. The van der Waals surface area contributed by atoms with E-state index in [0.29, 0.717) is 23.9 Å². The summed E-state index contributed by atoms with van der Waals surface area (Å²) in [5.41, 5.74) is 3.55. The molecule has 1 aromatic carbocycles. The molecule has 0 bridgehead atoms. The number of benzene rings is 1. The summed E-state index contributed by atoms with van der Waals surface area (Å²) in [4.78, 5) is 35.3. The van der Waals surface area contributed by atoms with Crippen LogP contribution in [-0.2, 0) is 24.5 Å². The van der Waals surface area contributed by atoms with Gasteiger partial charge < -0.3 is 9.84 Å². The van der Waals surface area contributed by atoms with E-state index in [9.17, 15) is 14.7 Å². The SMILES string of the molecule is CC.CC1=C(O)C(=O)C=c2c1ccc1c2=C(C)C(=O)C2C3CC(C)CCC3(C)CCC12C.COC=O. The minimum Gasteiger partial charge on any atom is -0.504 e. The zero-order valence-electron chi connectivity index (χ0n) is 23.2. The van der Waals surface area contributed by atoms with Gasteiger partial charge in [-0.25, -0.2) is 0 Å². The molecule has 5 heteroatoms. The van der Waals surface area contributed by atoms with E-state index in [2.05, 4.69) is 31.6 Å². The number of rotatable bonds is 1. The number of hydrogen-bond acceptors (Lipinski definition) is 5. The standard InChI is InChI=1S/C27H32O3.C2H4O2.C2H6/c1-14-8-9-26(4)10-11-27(5)19-7-6-17-15(2)24(29)21(28)13-18(17)22(19)16(3)25(30)23(27)20(26)12-14;1-4-2-3;1-2/h6-7,13-14,20,23,29H,8-12H2,1-5H3;2H,1H3;1-2H3. The molecule has 5 unspecified atom stereocenters. The number of allylic oxidation sites excluding steroid dienone is 2. The number of hydrogen-bond donors (Lipinski definition) is 1. The summed E-state index contributed by atoms with van der Waals surface area (Å²) in [7, 11) is 1.31. The van der Waals surface area contributed by atoms with Gasteiger partial charge in [-0.1, -0.05) is 53.2 Å². The Balaban J connectivity index is 0.000000550. The third-order valence-electron chi connectivity index (χ3n) is 9.32. The quantitative estimate of drug-likeness (QED) is 0.555. The maximum absolute atomic E-state index is 13.9. The molecule has 5 atom stereocenters. The smallest absolute Gasteiger partial charge is 0.292 e. The van der Waals surface area contributed by atoms with Crippen molar-refractivity contribution in [2.45, 2.75) is 86.0 Å². The van der Waals surface area contributed by atoms with Crippen molar-refractivity contribution in [2.75, 3.05) is 7.11 Å². The van der Waals surface area contributed by atoms with Crippen LogP contribution in [0, 0.1) is 23.2 Å². The molecule has 4 aliphatic carbocycles. The Morgan fingerprint density at radius 2 is 1.69 bits per heavy atom. The number of methoxy groups -OCH3 is 1. The van der Waals surface area contributed by atoms with Crippen molar-refractivity contribution in [3.63, 3.8) is 0 Å². The van der Waals surface area contributed by atoms with Gasteiger partial charge in [-0.05, 0) is 84.4 Å². The summed E-state index contributed by atoms with van der Waals surface area (Å²) in [5, 5.41) is 11.9. The largest absolute Gasteiger partial charge is 0.504 e. The molecule has 0 heterocycles. The lowest BCUT2D eigenvalue weighted by molar-refractivity contribution is -0.132. The lowest BCUT2D eigenvalue weighted by Crippen LogP contribution is -2.59. The van der Waals surface area contributed by atoms with Crippen molar-refractivity contribution in [1.82, 2.24) is 0 Å². The molecule has 0 saturated heterocycles. The van der Waals surface area contributed by atoms with E-state index in [0.717, 1.165) is 40.8 Å². The van der Waals surface area contributed by atoms with Gasteiger partial charge in [-0.3, -0.25) is 14.4 Å². The molecule has 0 radical (unpaired) electrons. The van der Waals surface area contributed by atoms with E-state index < -0.39 is 0 Å². The first-order valence-corrected chi connectivity index (χ1v) is 13.3. The monoisotopic (exact) mass is 494 g/mol. The number of fused-ring (bicyclic) bond motifs is 7. The predicted molar refractivity (Wildman–Crippen MR) is 144 cm³/mol. The van der Waals surface area contributed by atoms with Gasteiger partial charge in [0.15, 0.2) is 11.5 Å². The molecule has 0 amide bonds. The summed E-state index contributed by atoms with van der Waals surface area (Å²) in [5.74, 6) is 0.844. The molecular weight excluding hydrogens is 452 g/mol. The van der Waals surface area contributed by atoms with Gasteiger partial charge in [0.05, 0.1) is 7.11 Å². The number of ketones is 2. The molecule has 1 N–H and O–H groups in total. The van der Waals surface area contributed by atoms with E-state index in [1.807, 2.05) is 26.8 Å². The Morgan fingerprint density at radius 1 is 1.06 bits per heavy atom. The van der Waals surface area contributed by atoms with Crippen molar-refractivity contribution in [3.05, 3.63) is 39.5 Å². The summed E-state index contributed by atoms with van der Waals surface area (Å²) in [6.45, 7) is 15.1. The Kier molecular flexibility index (Phi) is 8.02. The van der Waals surface area contributed by atoms with Crippen LogP contribution in [0.2, 0.25) is 0 Å². The minimum atomic E-state index is -0.363. The van der Waals surface area contributed by atoms with Gasteiger partial charge in [0.25, 0.3) is 6.47 Å². The van der Waals surface area contributed by atoms with Gasteiger partial charge in [0.1, 0.15) is 0 Å². The van der Waals surface area contributed by atoms with Crippen LogP contribution < -0.4 is 10.4 Å². The fourth-order valence-corrected chi connectivity index (χ4v) is 7.21. The van der Waals surface area contributed by atoms with Crippen LogP contribution >= 0.6 is 0 Å². The normalized spacial score (nSPS) is 32.2. The Hall–Kier alpha value is -2.69. The zero-order chi connectivity index (χ0) is 27.0. The third-order valence-corrected chi connectivity index (χ3v) is 9.32. The molecule has 36 heavy (non-hydrogen) atoms. The summed E-state index contributed by atoms with van der Waals surface area (Å²) in [6.07, 6.45) is 7.33. The topological polar surface area (TPSA) is 80.7 Å². The highest BCUT2D eigenvalue weighted by atomic mass is 16.5. The van der Waals surface area contributed by atoms with Crippen LogP contribution in [0.1, 0.15) is 91.7 Å². The lowest BCUT2D eigenvalue weighted by Gasteiger charge is -2.58. The second kappa shape index (κ2) is 10.4. The fraction of sp³-hybridized carbons (Fsp3) is 0.581. The molecule has 1 aromatic rings. The molecule has 0 spiro atoms. The molecule has 4 aliphatic rings. The number of aliphatic hydroxyl groups is 1. The molecule has 0 aliphatic heterocycles. The van der Waals surface area contributed by atoms with E-state index in [1.54, 1.807) is 6.92 Å². The van der Waals surface area contributed by atoms with Crippen LogP contribution in [0.5, 0.6) is 0 Å². The predicted octanol–water partition coefficient (Wildman–Crippen LogP) is 5.02. The molecule has 5 rings (SSSR count). The number of carbonyl (C=O) groups is 3. The van der Waals surface area contributed by atoms with Crippen LogP contribution in [0.15, 0.2) is 17.9 Å². The molecule has 2 fully saturated rings. The van der Waals surface area contributed by atoms with Crippen LogP contribution in [0.4, 0.5) is 0 Å². The first-order chi connectivity index (χ1) is 17.0. The first-order valence-electron chi connectivity index (χ1n) is 13.3. The molecule has 5 nitrogen and oxygen atoms in total. The summed E-state index contributed by atoms with van der Waals surface area (Å²) >= 11 is 0. The number of carbonyl (C=O) groups excluding carboxylic acids is 3. The summed E-state index contributed by atoms with van der Waals surface area (Å²) in [6, 6.07) is 4.22. The number of ether oxygens (including phenoxy) is 1. The van der Waals surface area contributed by atoms with E-state index in [-0.39, 0.29) is 34.1 Å². The molecule has 0 aromatic heterocycles. The fourth-order valence-electron chi connectivity index (χ4n) is 7.21. The van der Waals surface area contributed by atoms with Crippen molar-refractivity contribution in [2.24, 2.45) is 23.2 Å². The maximum atomic E-state index is 13.9. The van der Waals surface area contributed by atoms with Crippen LogP contribution in [0.25, 0.3) is 17.2 Å². The maximum Gasteiger partial charge on any atom is 0.292 e. The second-order valence-corrected chi connectivity index (χ2v) is 11.3. The van der Waals surface area contributed by atoms with Crippen LogP contribution in [0.3, 0.4) is 0 Å². The van der Waals surface area contributed by atoms with Crippen LogP contribution in [-0.4, -0.2) is 30.3 Å². The van der Waals surface area contributed by atoms with Crippen molar-refractivity contribution in [1.29, 1.82) is 0 Å². The van der Waals surface area contributed by atoms with Gasteiger partial charge >= 0.3 is 0 Å². The Bertz CT molecular complexity index is 1220. The van der Waals surface area contributed by atoms with Gasteiger partial charge in [0.2, 0.25) is 5.78 Å². The first kappa shape index (κ1) is 27.9. The number of aliphatic hydroxyl groups excluding tert-OH is 1. The molecule has 196 valence electrons. The second-order valence-electron chi connectivity index (χ2n) is 11.3. The number of Topliss-reactive ketones (excluding diaryl/α,β-unsaturated/α-hetero) is 2. The average Bonchev–Trinajstić information content (AvgIpc) is 2.87. The zero-order valence-corrected chi connectivity index (χ0v) is 23.2.